The van der Waals surface area contributed by atoms with E-state index in [0.29, 0.717) is 12.3 Å². The van der Waals surface area contributed by atoms with Gasteiger partial charge >= 0.3 is 5.97 Å². The fourth-order valence-corrected chi connectivity index (χ4v) is 2.50. The highest BCUT2D eigenvalue weighted by atomic mass is 16.5. The Kier molecular flexibility index (Phi) is 3.88. The van der Waals surface area contributed by atoms with Crippen LogP contribution >= 0.6 is 0 Å². The molecule has 3 rings (SSSR count). The molecule has 0 unspecified atom stereocenters. The van der Waals surface area contributed by atoms with Crippen molar-refractivity contribution >= 4 is 16.9 Å². The number of carbonyl (C=O) groups is 1. The molecule has 0 saturated carbocycles. The Morgan fingerprint density at radius 2 is 1.86 bits per heavy atom. The van der Waals surface area contributed by atoms with Gasteiger partial charge in [0.1, 0.15) is 5.69 Å². The van der Waals surface area contributed by atoms with E-state index in [1.54, 1.807) is 6.92 Å². The molecule has 0 aliphatic heterocycles. The molecule has 0 spiro atoms. The smallest absolute Gasteiger partial charge is 0.356 e. The van der Waals surface area contributed by atoms with Crippen LogP contribution in [-0.4, -0.2) is 17.6 Å². The minimum Gasteiger partial charge on any atom is -0.461 e. The molecule has 3 aromatic rings. The van der Waals surface area contributed by atoms with Gasteiger partial charge in [0.05, 0.1) is 12.1 Å². The normalized spacial score (nSPS) is 10.6. The second-order valence-corrected chi connectivity index (χ2v) is 5.16. The Labute approximate surface area is 129 Å². The van der Waals surface area contributed by atoms with Gasteiger partial charge in [-0.15, -0.1) is 0 Å². The highest BCUT2D eigenvalue weighted by Crippen LogP contribution is 2.29. The Morgan fingerprint density at radius 1 is 1.09 bits per heavy atom. The van der Waals surface area contributed by atoms with Gasteiger partial charge < -0.3 is 4.74 Å². The van der Waals surface area contributed by atoms with Crippen molar-refractivity contribution in [2.75, 3.05) is 6.61 Å². The first-order valence-electron chi connectivity index (χ1n) is 7.33. The summed E-state index contributed by atoms with van der Waals surface area (Å²) >= 11 is 0. The molecule has 0 fully saturated rings. The van der Waals surface area contributed by atoms with Crippen molar-refractivity contribution in [2.45, 2.75) is 13.8 Å². The lowest BCUT2D eigenvalue weighted by molar-refractivity contribution is 0.0520. The lowest BCUT2D eigenvalue weighted by Gasteiger charge is -2.10. The van der Waals surface area contributed by atoms with Crippen molar-refractivity contribution in [3.63, 3.8) is 0 Å². The molecule has 110 valence electrons. The van der Waals surface area contributed by atoms with E-state index in [2.05, 4.69) is 17.1 Å². The molecule has 1 aromatic heterocycles. The Hall–Kier alpha value is -2.68. The van der Waals surface area contributed by atoms with E-state index >= 15 is 0 Å². The molecule has 0 N–H and O–H groups in total. The largest absolute Gasteiger partial charge is 0.461 e. The number of benzene rings is 2. The minimum absolute atomic E-state index is 0.340. The average molecular weight is 291 g/mol. The van der Waals surface area contributed by atoms with Gasteiger partial charge in [-0.3, -0.25) is 0 Å². The second-order valence-electron chi connectivity index (χ2n) is 5.16. The van der Waals surface area contributed by atoms with Gasteiger partial charge in [0, 0.05) is 5.39 Å². The van der Waals surface area contributed by atoms with E-state index in [1.807, 2.05) is 49.4 Å². The van der Waals surface area contributed by atoms with E-state index < -0.39 is 0 Å². The van der Waals surface area contributed by atoms with Crippen molar-refractivity contribution in [1.29, 1.82) is 0 Å². The molecular weight excluding hydrogens is 274 g/mol. The van der Waals surface area contributed by atoms with Gasteiger partial charge in [-0.1, -0.05) is 42.5 Å². The molecule has 0 saturated heterocycles. The van der Waals surface area contributed by atoms with Crippen LogP contribution in [0.2, 0.25) is 0 Å². The van der Waals surface area contributed by atoms with Crippen molar-refractivity contribution in [3.05, 3.63) is 65.9 Å². The molecule has 22 heavy (non-hydrogen) atoms. The van der Waals surface area contributed by atoms with Gasteiger partial charge in [0.25, 0.3) is 0 Å². The highest BCUT2D eigenvalue weighted by molar-refractivity contribution is 5.99. The first-order chi connectivity index (χ1) is 10.7. The summed E-state index contributed by atoms with van der Waals surface area (Å²) in [5.74, 6) is -0.386. The van der Waals surface area contributed by atoms with Crippen molar-refractivity contribution in [3.8, 4) is 11.1 Å². The van der Waals surface area contributed by atoms with Crippen LogP contribution in [0.15, 0.2) is 54.6 Å². The summed E-state index contributed by atoms with van der Waals surface area (Å²) in [6.45, 7) is 4.15. The van der Waals surface area contributed by atoms with Crippen molar-refractivity contribution < 1.29 is 9.53 Å². The van der Waals surface area contributed by atoms with Crippen LogP contribution in [-0.2, 0) is 4.74 Å². The predicted octanol–water partition coefficient (Wildman–Crippen LogP) is 4.39. The molecule has 0 atom stereocenters. The van der Waals surface area contributed by atoms with E-state index in [-0.39, 0.29) is 5.97 Å². The molecule has 0 amide bonds. The lowest BCUT2D eigenvalue weighted by atomic mass is 9.99. The Bertz CT molecular complexity index is 825. The number of rotatable bonds is 3. The summed E-state index contributed by atoms with van der Waals surface area (Å²) in [6.07, 6.45) is 0. The van der Waals surface area contributed by atoms with Crippen LogP contribution in [0.1, 0.15) is 23.0 Å². The van der Waals surface area contributed by atoms with E-state index in [0.717, 1.165) is 27.6 Å². The number of hydrogen-bond donors (Lipinski definition) is 0. The molecule has 0 aliphatic rings. The van der Waals surface area contributed by atoms with Crippen LogP contribution in [0, 0.1) is 6.92 Å². The quantitative estimate of drug-likeness (QED) is 0.672. The van der Waals surface area contributed by atoms with Crippen molar-refractivity contribution in [1.82, 2.24) is 4.98 Å². The molecule has 0 bridgehead atoms. The second kappa shape index (κ2) is 5.98. The van der Waals surface area contributed by atoms with Crippen LogP contribution < -0.4 is 0 Å². The molecule has 3 heteroatoms. The van der Waals surface area contributed by atoms with Crippen molar-refractivity contribution in [2.24, 2.45) is 0 Å². The third-order valence-corrected chi connectivity index (χ3v) is 3.53. The van der Waals surface area contributed by atoms with Gasteiger partial charge in [-0.25, -0.2) is 9.78 Å². The zero-order valence-corrected chi connectivity index (χ0v) is 12.7. The monoisotopic (exact) mass is 291 g/mol. The van der Waals surface area contributed by atoms with Gasteiger partial charge in [0.2, 0.25) is 0 Å². The molecule has 3 nitrogen and oxygen atoms in total. The van der Waals surface area contributed by atoms with Crippen LogP contribution in [0.5, 0.6) is 0 Å². The summed E-state index contributed by atoms with van der Waals surface area (Å²) in [5.41, 5.74) is 4.32. The topological polar surface area (TPSA) is 39.2 Å². The van der Waals surface area contributed by atoms with Crippen LogP contribution in [0.25, 0.3) is 22.0 Å². The standard InChI is InChI=1S/C19H17NO2/c1-3-22-19(21)18-12-16(14-7-5-4-6-8-14)15-10-9-13(2)11-17(15)20-18/h4-12H,3H2,1-2H3. The average Bonchev–Trinajstić information content (AvgIpc) is 2.54. The van der Waals surface area contributed by atoms with Crippen LogP contribution in [0.4, 0.5) is 0 Å². The van der Waals surface area contributed by atoms with E-state index in [4.69, 9.17) is 4.74 Å². The number of esters is 1. The third kappa shape index (κ3) is 2.70. The first-order valence-corrected chi connectivity index (χ1v) is 7.33. The van der Waals surface area contributed by atoms with E-state index in [9.17, 15) is 4.79 Å². The van der Waals surface area contributed by atoms with Gasteiger partial charge in [-0.2, -0.15) is 0 Å². The fraction of sp³-hybridized carbons (Fsp3) is 0.158. The van der Waals surface area contributed by atoms with Crippen LogP contribution in [0.3, 0.4) is 0 Å². The Morgan fingerprint density at radius 3 is 2.59 bits per heavy atom. The molecule has 0 radical (unpaired) electrons. The molecule has 0 aliphatic carbocycles. The minimum atomic E-state index is -0.386. The number of aromatic nitrogens is 1. The maximum atomic E-state index is 12.1. The number of fused-ring (bicyclic) bond motifs is 1. The third-order valence-electron chi connectivity index (χ3n) is 3.53. The summed E-state index contributed by atoms with van der Waals surface area (Å²) in [4.78, 5) is 16.5. The number of hydrogen-bond acceptors (Lipinski definition) is 3. The lowest BCUT2D eigenvalue weighted by Crippen LogP contribution is -2.07. The zero-order valence-electron chi connectivity index (χ0n) is 12.7. The first kappa shape index (κ1) is 14.3. The van der Waals surface area contributed by atoms with Gasteiger partial charge in [0.15, 0.2) is 0 Å². The maximum Gasteiger partial charge on any atom is 0.356 e. The highest BCUT2D eigenvalue weighted by Gasteiger charge is 2.14. The number of nitrogens with zero attached hydrogens (tertiary/aromatic N) is 1. The summed E-state index contributed by atoms with van der Waals surface area (Å²) in [7, 11) is 0. The molecule has 2 aromatic carbocycles. The van der Waals surface area contributed by atoms with Gasteiger partial charge in [-0.05, 0) is 42.7 Å². The van der Waals surface area contributed by atoms with E-state index in [1.165, 1.54) is 0 Å². The zero-order chi connectivity index (χ0) is 15.5. The fourth-order valence-electron chi connectivity index (χ4n) is 2.50. The number of pyridine rings is 1. The summed E-state index contributed by atoms with van der Waals surface area (Å²) in [5, 5.41) is 1.03. The summed E-state index contributed by atoms with van der Waals surface area (Å²) in [6, 6.07) is 17.9. The number of ether oxygens (including phenoxy) is 1. The maximum absolute atomic E-state index is 12.1. The SMILES string of the molecule is CCOC(=O)c1cc(-c2ccccc2)c2ccc(C)cc2n1. The predicted molar refractivity (Wildman–Crippen MR) is 87.9 cm³/mol. The Balaban J connectivity index is 2.26. The number of aryl methyl sites for hydroxylation is 1. The summed E-state index contributed by atoms with van der Waals surface area (Å²) < 4.78 is 5.10. The molecule has 1 heterocycles. The molecular formula is C19H17NO2. The number of carbonyl (C=O) groups excluding carboxylic acids is 1.